The fourth-order valence-corrected chi connectivity index (χ4v) is 5.27. The molecule has 0 atom stereocenters. The van der Waals surface area contributed by atoms with E-state index in [1.165, 1.54) is 69.5 Å². The molecule has 1 aliphatic carbocycles. The van der Waals surface area contributed by atoms with Crippen LogP contribution in [0.15, 0.2) is 48.7 Å². The van der Waals surface area contributed by atoms with E-state index in [-0.39, 0.29) is 0 Å². The lowest BCUT2D eigenvalue weighted by atomic mass is 9.82. The molecule has 0 unspecified atom stereocenters. The Hall–Kier alpha value is -2.67. The van der Waals surface area contributed by atoms with Crippen molar-refractivity contribution in [3.63, 3.8) is 0 Å². The number of aromatic nitrogens is 1. The summed E-state index contributed by atoms with van der Waals surface area (Å²) >= 11 is 0. The van der Waals surface area contributed by atoms with E-state index in [9.17, 15) is 0 Å². The van der Waals surface area contributed by atoms with Crippen LogP contribution in [0.2, 0.25) is 0 Å². The van der Waals surface area contributed by atoms with Crippen LogP contribution in [0.3, 0.4) is 0 Å². The highest BCUT2D eigenvalue weighted by molar-refractivity contribution is 6.15. The lowest BCUT2D eigenvalue weighted by Gasteiger charge is -2.23. The minimum absolute atomic E-state index is 0.508. The lowest BCUT2D eigenvalue weighted by molar-refractivity contribution is 0.689. The van der Waals surface area contributed by atoms with Crippen molar-refractivity contribution in [2.45, 2.75) is 59.3 Å². The molecule has 0 aliphatic heterocycles. The second kappa shape index (κ2) is 6.99. The Balaban J connectivity index is 1.94. The fraction of sp³-hybridized carbons (Fsp3) is 0.321. The van der Waals surface area contributed by atoms with Gasteiger partial charge in [0.05, 0.1) is 5.69 Å². The van der Waals surface area contributed by atoms with E-state index in [1.807, 2.05) is 6.20 Å². The maximum atomic E-state index is 4.90. The van der Waals surface area contributed by atoms with Crippen LogP contribution in [-0.4, -0.2) is 4.98 Å². The van der Waals surface area contributed by atoms with Crippen LogP contribution in [0.1, 0.15) is 60.4 Å². The zero-order valence-electron chi connectivity index (χ0n) is 18.0. The SMILES string of the molecule is Cc1cc(C)cc(-c2nccc3cc(C(C)C)c4c5c(ccc4c23)CCCC5)c1. The summed E-state index contributed by atoms with van der Waals surface area (Å²) in [6.07, 6.45) is 7.02. The van der Waals surface area contributed by atoms with Crippen molar-refractivity contribution in [1.29, 1.82) is 0 Å². The van der Waals surface area contributed by atoms with Gasteiger partial charge in [0.1, 0.15) is 0 Å². The van der Waals surface area contributed by atoms with Gasteiger partial charge in [-0.15, -0.1) is 0 Å². The van der Waals surface area contributed by atoms with Crippen LogP contribution in [0.4, 0.5) is 0 Å². The average molecular weight is 380 g/mol. The largest absolute Gasteiger partial charge is 0.256 e. The molecule has 5 rings (SSSR count). The third-order valence-corrected chi connectivity index (χ3v) is 6.50. The van der Waals surface area contributed by atoms with Gasteiger partial charge < -0.3 is 0 Å². The zero-order valence-corrected chi connectivity index (χ0v) is 18.0. The number of hydrogen-bond acceptors (Lipinski definition) is 1. The molecule has 29 heavy (non-hydrogen) atoms. The van der Waals surface area contributed by atoms with Gasteiger partial charge >= 0.3 is 0 Å². The van der Waals surface area contributed by atoms with Crippen molar-refractivity contribution in [3.05, 3.63) is 76.5 Å². The Morgan fingerprint density at radius 2 is 1.59 bits per heavy atom. The van der Waals surface area contributed by atoms with E-state index < -0.39 is 0 Å². The van der Waals surface area contributed by atoms with Crippen LogP contribution < -0.4 is 0 Å². The molecule has 0 saturated heterocycles. The Morgan fingerprint density at radius 3 is 2.34 bits per heavy atom. The molecule has 146 valence electrons. The smallest absolute Gasteiger partial charge is 0.0786 e. The quantitative estimate of drug-likeness (QED) is 0.326. The maximum absolute atomic E-state index is 4.90. The normalized spacial score (nSPS) is 14.0. The molecular formula is C28H29N. The van der Waals surface area contributed by atoms with Crippen LogP contribution in [-0.2, 0) is 12.8 Å². The van der Waals surface area contributed by atoms with Gasteiger partial charge in [0.15, 0.2) is 0 Å². The molecule has 4 aromatic rings. The molecular weight excluding hydrogens is 350 g/mol. The minimum atomic E-state index is 0.508. The number of nitrogens with zero attached hydrogens (tertiary/aromatic N) is 1. The van der Waals surface area contributed by atoms with Crippen LogP contribution in [0.5, 0.6) is 0 Å². The molecule has 1 heteroatoms. The van der Waals surface area contributed by atoms with Gasteiger partial charge in [-0.2, -0.15) is 0 Å². The van der Waals surface area contributed by atoms with Gasteiger partial charge in [0.25, 0.3) is 0 Å². The number of fused-ring (bicyclic) bond motifs is 5. The first-order chi connectivity index (χ1) is 14.0. The predicted molar refractivity (Wildman–Crippen MR) is 125 cm³/mol. The Labute approximate surface area is 173 Å². The third-order valence-electron chi connectivity index (χ3n) is 6.50. The number of aryl methyl sites for hydroxylation is 4. The first-order valence-corrected chi connectivity index (χ1v) is 11.0. The number of hydrogen-bond donors (Lipinski definition) is 0. The van der Waals surface area contributed by atoms with Gasteiger partial charge in [0, 0.05) is 17.1 Å². The lowest BCUT2D eigenvalue weighted by Crippen LogP contribution is -2.06. The third kappa shape index (κ3) is 3.04. The first kappa shape index (κ1) is 18.4. The van der Waals surface area contributed by atoms with E-state index in [1.54, 1.807) is 11.1 Å². The summed E-state index contributed by atoms with van der Waals surface area (Å²) in [5, 5.41) is 5.50. The topological polar surface area (TPSA) is 12.9 Å². The average Bonchev–Trinajstić information content (AvgIpc) is 2.71. The predicted octanol–water partition coefficient (Wildman–Crippen LogP) is 7.67. The van der Waals surface area contributed by atoms with Crippen molar-refractivity contribution < 1.29 is 0 Å². The summed E-state index contributed by atoms with van der Waals surface area (Å²) in [5.41, 5.74) is 9.56. The molecule has 0 fully saturated rings. The molecule has 0 spiro atoms. The van der Waals surface area contributed by atoms with E-state index in [0.29, 0.717) is 5.92 Å². The van der Waals surface area contributed by atoms with Crippen LogP contribution >= 0.6 is 0 Å². The molecule has 1 nitrogen and oxygen atoms in total. The maximum Gasteiger partial charge on any atom is 0.0786 e. The molecule has 0 bridgehead atoms. The molecule has 1 aromatic heterocycles. The van der Waals surface area contributed by atoms with Gasteiger partial charge in [-0.3, -0.25) is 4.98 Å². The van der Waals surface area contributed by atoms with Gasteiger partial charge in [0.2, 0.25) is 0 Å². The van der Waals surface area contributed by atoms with Crippen molar-refractivity contribution in [1.82, 2.24) is 4.98 Å². The second-order valence-corrected chi connectivity index (χ2v) is 9.09. The highest BCUT2D eigenvalue weighted by atomic mass is 14.7. The van der Waals surface area contributed by atoms with E-state index >= 15 is 0 Å². The van der Waals surface area contributed by atoms with Crippen molar-refractivity contribution in [2.75, 3.05) is 0 Å². The summed E-state index contributed by atoms with van der Waals surface area (Å²) in [6, 6.07) is 16.2. The highest BCUT2D eigenvalue weighted by Crippen LogP contribution is 2.41. The molecule has 3 aromatic carbocycles. The zero-order chi connectivity index (χ0) is 20.1. The first-order valence-electron chi connectivity index (χ1n) is 11.0. The van der Waals surface area contributed by atoms with Gasteiger partial charge in [-0.1, -0.05) is 49.2 Å². The second-order valence-electron chi connectivity index (χ2n) is 9.09. The Morgan fingerprint density at radius 1 is 0.828 bits per heavy atom. The molecule has 0 saturated carbocycles. The van der Waals surface area contributed by atoms with E-state index in [2.05, 4.69) is 70.2 Å². The standard InChI is InChI=1S/C28H29N/c1-17(2)25-16-21-11-12-29-28(22-14-18(3)13-19(4)15-22)26(21)24-10-9-20-7-5-6-8-23(20)27(24)25/h9-17H,5-8H2,1-4H3. The van der Waals surface area contributed by atoms with Crippen molar-refractivity contribution >= 4 is 21.5 Å². The summed E-state index contributed by atoms with van der Waals surface area (Å²) in [7, 11) is 0. The Bertz CT molecular complexity index is 1230. The monoisotopic (exact) mass is 379 g/mol. The molecule has 1 aliphatic rings. The van der Waals surface area contributed by atoms with E-state index in [0.717, 1.165) is 5.69 Å². The Kier molecular flexibility index (Phi) is 4.42. The number of benzene rings is 3. The fourth-order valence-electron chi connectivity index (χ4n) is 5.27. The summed E-state index contributed by atoms with van der Waals surface area (Å²) < 4.78 is 0. The highest BCUT2D eigenvalue weighted by Gasteiger charge is 2.20. The van der Waals surface area contributed by atoms with Gasteiger partial charge in [-0.05, 0) is 96.5 Å². The molecule has 0 N–H and O–H groups in total. The summed E-state index contributed by atoms with van der Waals surface area (Å²) in [5.74, 6) is 0.508. The van der Waals surface area contributed by atoms with Crippen LogP contribution in [0, 0.1) is 13.8 Å². The van der Waals surface area contributed by atoms with E-state index in [4.69, 9.17) is 4.98 Å². The van der Waals surface area contributed by atoms with Gasteiger partial charge in [-0.25, -0.2) is 0 Å². The summed E-state index contributed by atoms with van der Waals surface area (Å²) in [6.45, 7) is 9.00. The number of pyridine rings is 1. The molecule has 0 amide bonds. The number of rotatable bonds is 2. The van der Waals surface area contributed by atoms with Crippen molar-refractivity contribution in [3.8, 4) is 11.3 Å². The van der Waals surface area contributed by atoms with Crippen molar-refractivity contribution in [2.24, 2.45) is 0 Å². The van der Waals surface area contributed by atoms with Crippen LogP contribution in [0.25, 0.3) is 32.8 Å². The molecule has 1 heterocycles. The minimum Gasteiger partial charge on any atom is -0.256 e. The molecule has 0 radical (unpaired) electrons. The summed E-state index contributed by atoms with van der Waals surface area (Å²) in [4.78, 5) is 4.90.